The molecule has 2 heterocycles. The van der Waals surface area contributed by atoms with Gasteiger partial charge in [0.05, 0.1) is 23.8 Å². The minimum absolute atomic E-state index is 0.00655. The predicted octanol–water partition coefficient (Wildman–Crippen LogP) is 8.57. The van der Waals surface area contributed by atoms with E-state index in [-0.39, 0.29) is 53.3 Å². The van der Waals surface area contributed by atoms with Gasteiger partial charge in [-0.05, 0) is 91.9 Å². The molecule has 0 unspecified atom stereocenters. The van der Waals surface area contributed by atoms with Crippen LogP contribution in [0.25, 0.3) is 0 Å². The average molecular weight is 717 g/mol. The van der Waals surface area contributed by atoms with E-state index >= 15 is 0 Å². The van der Waals surface area contributed by atoms with E-state index in [1.807, 2.05) is 12.1 Å². The fourth-order valence-electron chi connectivity index (χ4n) is 5.42. The molecule has 0 spiro atoms. The van der Waals surface area contributed by atoms with Crippen LogP contribution in [0.15, 0.2) is 102 Å². The van der Waals surface area contributed by atoms with Gasteiger partial charge in [-0.15, -0.1) is 0 Å². The van der Waals surface area contributed by atoms with Crippen molar-refractivity contribution in [2.45, 2.75) is 44.2 Å². The van der Waals surface area contributed by atoms with E-state index in [0.29, 0.717) is 38.7 Å². The van der Waals surface area contributed by atoms with Crippen LogP contribution in [0, 0.1) is 0 Å². The molecule has 11 nitrogen and oxygen atoms in total. The summed E-state index contributed by atoms with van der Waals surface area (Å²) in [7, 11) is 0. The van der Waals surface area contributed by atoms with Crippen molar-refractivity contribution in [3.05, 3.63) is 124 Å². The van der Waals surface area contributed by atoms with Gasteiger partial charge >= 0.3 is 5.97 Å². The second-order valence-electron chi connectivity index (χ2n) is 11.5. The van der Waals surface area contributed by atoms with E-state index in [9.17, 15) is 19.5 Å². The Bertz CT molecular complexity index is 1950. The number of carbonyl (C=O) groups excluding carboxylic acids is 2. The second-order valence-corrected chi connectivity index (χ2v) is 12.4. The molecule has 2 amide bonds. The number of furan rings is 1. The summed E-state index contributed by atoms with van der Waals surface area (Å²) in [6.45, 7) is 0. The molecule has 1 saturated carbocycles. The molecule has 1 aliphatic carbocycles. The number of rotatable bonds is 12. The van der Waals surface area contributed by atoms with Gasteiger partial charge in [0.1, 0.15) is 17.2 Å². The standard InChI is InChI=1S/C37H31Cl2N3O8/c38-23-18-24(39)20-29(19-23)49-35-16-14-32(50-35)36(44)41-25-6-8-26(9-7-25)47-27-10-12-28(13-11-27)48-34-15-5-22(21-40-34)17-33(43)42-31-4-2-1-3-30(31)37(45)46/h1-5,10-16,18-21,25-26H,6-9,17H2,(H,41,44)(H,42,43)(H,45,46). The molecule has 3 N–H and O–H groups in total. The molecule has 256 valence electrons. The summed E-state index contributed by atoms with van der Waals surface area (Å²) < 4.78 is 23.2. The monoisotopic (exact) mass is 715 g/mol. The van der Waals surface area contributed by atoms with Crippen molar-refractivity contribution < 1.29 is 38.1 Å². The summed E-state index contributed by atoms with van der Waals surface area (Å²) in [4.78, 5) is 40.9. The highest BCUT2D eigenvalue weighted by molar-refractivity contribution is 6.34. The minimum Gasteiger partial charge on any atom is -0.490 e. The number of aromatic carboxylic acids is 1. The van der Waals surface area contributed by atoms with Gasteiger partial charge in [-0.25, -0.2) is 9.78 Å². The van der Waals surface area contributed by atoms with E-state index in [1.165, 1.54) is 18.3 Å². The average Bonchev–Trinajstić information content (AvgIpc) is 3.56. The van der Waals surface area contributed by atoms with Crippen molar-refractivity contribution >= 4 is 46.7 Å². The summed E-state index contributed by atoms with van der Waals surface area (Å²) in [6, 6.07) is 24.7. The number of hydrogen-bond donors (Lipinski definition) is 3. The van der Waals surface area contributed by atoms with E-state index in [4.69, 9.17) is 41.8 Å². The number of aromatic nitrogens is 1. The zero-order chi connectivity index (χ0) is 35.0. The molecule has 3 aromatic carbocycles. The number of anilines is 1. The lowest BCUT2D eigenvalue weighted by Crippen LogP contribution is -2.39. The highest BCUT2D eigenvalue weighted by atomic mass is 35.5. The third-order valence-electron chi connectivity index (χ3n) is 7.81. The van der Waals surface area contributed by atoms with Gasteiger partial charge in [-0.3, -0.25) is 9.59 Å². The number of amides is 2. The highest BCUT2D eigenvalue weighted by Gasteiger charge is 2.25. The molecular weight excluding hydrogens is 685 g/mol. The van der Waals surface area contributed by atoms with Crippen molar-refractivity contribution in [3.63, 3.8) is 0 Å². The van der Waals surface area contributed by atoms with Gasteiger partial charge in [-0.2, -0.15) is 0 Å². The number of nitrogens with zero attached hydrogens (tertiary/aromatic N) is 1. The zero-order valence-corrected chi connectivity index (χ0v) is 27.9. The number of carbonyl (C=O) groups is 3. The van der Waals surface area contributed by atoms with Crippen LogP contribution >= 0.6 is 23.2 Å². The van der Waals surface area contributed by atoms with Crippen molar-refractivity contribution in [1.29, 1.82) is 0 Å². The Morgan fingerprint density at radius 2 is 1.54 bits per heavy atom. The summed E-state index contributed by atoms with van der Waals surface area (Å²) in [5.41, 5.74) is 0.890. The molecule has 1 aliphatic rings. The summed E-state index contributed by atoms with van der Waals surface area (Å²) in [6.07, 6.45) is 4.60. The Balaban J connectivity index is 0.921. The van der Waals surface area contributed by atoms with E-state index < -0.39 is 5.97 Å². The molecule has 50 heavy (non-hydrogen) atoms. The third kappa shape index (κ3) is 9.34. The first-order valence-electron chi connectivity index (χ1n) is 15.7. The van der Waals surface area contributed by atoms with Crippen LogP contribution in [-0.4, -0.2) is 40.0 Å². The van der Waals surface area contributed by atoms with Crippen LogP contribution in [0.1, 0.15) is 52.2 Å². The maximum absolute atomic E-state index is 12.8. The maximum Gasteiger partial charge on any atom is 0.337 e. The second kappa shape index (κ2) is 15.8. The number of hydrogen-bond acceptors (Lipinski definition) is 8. The lowest BCUT2D eigenvalue weighted by molar-refractivity contribution is -0.115. The van der Waals surface area contributed by atoms with Crippen molar-refractivity contribution in [2.75, 3.05) is 5.32 Å². The van der Waals surface area contributed by atoms with Crippen LogP contribution in [0.4, 0.5) is 5.69 Å². The smallest absolute Gasteiger partial charge is 0.337 e. The van der Waals surface area contributed by atoms with Crippen LogP contribution in [-0.2, 0) is 11.2 Å². The minimum atomic E-state index is -1.12. The summed E-state index contributed by atoms with van der Waals surface area (Å²) in [5, 5.41) is 15.8. The Labute approximate surface area is 297 Å². The predicted molar refractivity (Wildman–Crippen MR) is 186 cm³/mol. The quantitative estimate of drug-likeness (QED) is 0.115. The lowest BCUT2D eigenvalue weighted by Gasteiger charge is -2.29. The van der Waals surface area contributed by atoms with Gasteiger partial charge in [0, 0.05) is 34.4 Å². The Kier molecular flexibility index (Phi) is 10.9. The number of para-hydroxylation sites is 1. The SMILES string of the molecule is O=C(Cc1ccc(Oc2ccc(OC3CCC(NC(=O)c4ccc(Oc5cc(Cl)cc(Cl)c5)o4)CC3)cc2)nc1)Nc1ccccc1C(=O)O. The van der Waals surface area contributed by atoms with Gasteiger partial charge < -0.3 is 34.4 Å². The van der Waals surface area contributed by atoms with Crippen LogP contribution in [0.5, 0.6) is 29.1 Å². The normalized spacial score (nSPS) is 15.5. The van der Waals surface area contributed by atoms with Gasteiger partial charge in [0.15, 0.2) is 5.76 Å². The molecule has 0 aliphatic heterocycles. The Morgan fingerprint density at radius 3 is 2.24 bits per heavy atom. The fourth-order valence-corrected chi connectivity index (χ4v) is 5.92. The van der Waals surface area contributed by atoms with Gasteiger partial charge in [-0.1, -0.05) is 41.4 Å². The zero-order valence-electron chi connectivity index (χ0n) is 26.4. The molecular formula is C37H31Cl2N3O8. The third-order valence-corrected chi connectivity index (χ3v) is 8.25. The van der Waals surface area contributed by atoms with Gasteiger partial charge in [0.2, 0.25) is 11.8 Å². The summed E-state index contributed by atoms with van der Waals surface area (Å²) >= 11 is 12.0. The molecule has 2 aromatic heterocycles. The Morgan fingerprint density at radius 1 is 0.820 bits per heavy atom. The largest absolute Gasteiger partial charge is 0.490 e. The lowest BCUT2D eigenvalue weighted by atomic mass is 9.93. The van der Waals surface area contributed by atoms with Crippen molar-refractivity contribution in [1.82, 2.24) is 10.3 Å². The highest BCUT2D eigenvalue weighted by Crippen LogP contribution is 2.30. The first-order chi connectivity index (χ1) is 24.2. The molecule has 6 rings (SSSR count). The van der Waals surface area contributed by atoms with Gasteiger partial charge in [0.25, 0.3) is 11.9 Å². The Hall–Kier alpha value is -5.52. The first kappa shape index (κ1) is 34.3. The topological polar surface area (TPSA) is 149 Å². The molecule has 13 heteroatoms. The molecule has 0 saturated heterocycles. The molecule has 0 bridgehead atoms. The van der Waals surface area contributed by atoms with E-state index in [1.54, 1.807) is 66.7 Å². The molecule has 1 fully saturated rings. The maximum atomic E-state index is 12.8. The van der Waals surface area contributed by atoms with E-state index in [0.717, 1.165) is 25.7 Å². The van der Waals surface area contributed by atoms with Crippen LogP contribution < -0.4 is 24.8 Å². The van der Waals surface area contributed by atoms with E-state index in [2.05, 4.69) is 15.6 Å². The number of nitrogens with one attached hydrogen (secondary N) is 2. The molecule has 0 atom stereocenters. The number of pyridine rings is 1. The summed E-state index contributed by atoms with van der Waals surface area (Å²) in [5.74, 6) is 0.506. The number of ether oxygens (including phenoxy) is 3. The van der Waals surface area contributed by atoms with Crippen molar-refractivity contribution in [2.24, 2.45) is 0 Å². The number of benzene rings is 3. The van der Waals surface area contributed by atoms with Crippen LogP contribution in [0.2, 0.25) is 10.0 Å². The number of carboxylic acid groups (broad SMARTS) is 1. The first-order valence-corrected chi connectivity index (χ1v) is 16.5. The molecule has 0 radical (unpaired) electrons. The fraction of sp³-hybridized carbons (Fsp3) is 0.189. The van der Waals surface area contributed by atoms with Crippen molar-refractivity contribution in [3.8, 4) is 29.1 Å². The molecule has 5 aromatic rings. The number of halogens is 2. The number of carboxylic acids is 1. The van der Waals surface area contributed by atoms with Crippen LogP contribution in [0.3, 0.4) is 0 Å².